The average molecular weight is 587 g/mol. The summed E-state index contributed by atoms with van der Waals surface area (Å²) in [5, 5.41) is 0. The van der Waals surface area contributed by atoms with Crippen molar-refractivity contribution in [3.05, 3.63) is 0 Å². The van der Waals surface area contributed by atoms with Crippen LogP contribution in [0.5, 0.6) is 0 Å². The van der Waals surface area contributed by atoms with E-state index in [4.69, 9.17) is 14.2 Å². The van der Waals surface area contributed by atoms with Crippen LogP contribution in [-0.4, -0.2) is 30.8 Å². The molecule has 2 unspecified atom stereocenters. The molecule has 5 aliphatic carbocycles. The van der Waals surface area contributed by atoms with Crippen molar-refractivity contribution in [1.29, 1.82) is 0 Å². The molecule has 0 bridgehead atoms. The van der Waals surface area contributed by atoms with Crippen LogP contribution < -0.4 is 0 Å². The first kappa shape index (κ1) is 31.8. The highest BCUT2D eigenvalue weighted by Crippen LogP contribution is 2.77. The summed E-state index contributed by atoms with van der Waals surface area (Å²) in [4.78, 5) is 37.6. The van der Waals surface area contributed by atoms with E-state index < -0.39 is 11.4 Å². The van der Waals surface area contributed by atoms with Gasteiger partial charge in [-0.25, -0.2) is 0 Å². The quantitative estimate of drug-likeness (QED) is 0.231. The molecular formula is C36H58O6. The molecule has 0 aliphatic heterocycles. The largest absolute Gasteiger partial charge is 0.462 e. The lowest BCUT2D eigenvalue weighted by Crippen LogP contribution is -2.67. The van der Waals surface area contributed by atoms with E-state index in [1.807, 2.05) is 6.92 Å². The Balaban J connectivity index is 1.46. The van der Waals surface area contributed by atoms with Gasteiger partial charge in [0.05, 0.1) is 5.41 Å². The maximum Gasteiger partial charge on any atom is 0.315 e. The van der Waals surface area contributed by atoms with Gasteiger partial charge in [-0.2, -0.15) is 0 Å². The fourth-order valence-corrected chi connectivity index (χ4v) is 12.5. The van der Waals surface area contributed by atoms with Gasteiger partial charge in [0.1, 0.15) is 6.10 Å². The molecule has 0 spiro atoms. The first-order valence-corrected chi connectivity index (χ1v) is 17.1. The van der Waals surface area contributed by atoms with Gasteiger partial charge in [0.25, 0.3) is 0 Å². The highest BCUT2D eigenvalue weighted by Gasteiger charge is 2.72. The Morgan fingerprint density at radius 2 is 1.50 bits per heavy atom. The number of rotatable bonds is 6. The van der Waals surface area contributed by atoms with E-state index in [1.54, 1.807) is 0 Å². The van der Waals surface area contributed by atoms with Crippen molar-refractivity contribution in [2.24, 2.45) is 62.6 Å². The van der Waals surface area contributed by atoms with Gasteiger partial charge in [-0.05, 0) is 116 Å². The average Bonchev–Trinajstić information content (AvgIpc) is 3.31. The van der Waals surface area contributed by atoms with Gasteiger partial charge in [-0.1, -0.05) is 55.4 Å². The fourth-order valence-electron chi connectivity index (χ4n) is 12.5. The van der Waals surface area contributed by atoms with Crippen LogP contribution in [0.15, 0.2) is 0 Å². The van der Waals surface area contributed by atoms with Gasteiger partial charge in [-0.15, -0.1) is 0 Å². The van der Waals surface area contributed by atoms with Gasteiger partial charge >= 0.3 is 17.9 Å². The van der Waals surface area contributed by atoms with E-state index in [0.29, 0.717) is 41.9 Å². The van der Waals surface area contributed by atoms with E-state index in [9.17, 15) is 14.4 Å². The smallest absolute Gasteiger partial charge is 0.315 e. The number of carbonyl (C=O) groups excluding carboxylic acids is 3. The molecule has 6 nitrogen and oxygen atoms in total. The molecule has 5 aliphatic rings. The molecule has 0 aromatic rings. The van der Waals surface area contributed by atoms with E-state index in [-0.39, 0.29) is 46.5 Å². The Kier molecular flexibility index (Phi) is 8.17. The SMILES string of the molecule is CCC(=O)O[C@H]1CC[C@@]2(C)C(CC[C@]3(C)[C@@H]2CC[C@@H]2C4[C@H](C(C)C)CC[C@]4(C(=O)OCOC(C)=O)CC[C@]23C)C1(C)C. The second-order valence-electron chi connectivity index (χ2n) is 16.7. The van der Waals surface area contributed by atoms with Gasteiger partial charge < -0.3 is 14.2 Å². The molecule has 42 heavy (non-hydrogen) atoms. The standard InChI is InChI=1S/C36H58O6/c1-10-29(38)42-28-15-16-33(7)26(32(28,5)6)14-17-35(9)27(33)12-11-25-30-24(22(2)3)13-18-36(30,20-19-34(25,35)8)31(39)41-21-40-23(4)37/h22,24-28,30H,10-21H2,1-9H3/t24-,25+,26?,27+,28-,30?,33-,34+,35+,36-/m0/s1. The first-order valence-electron chi connectivity index (χ1n) is 17.1. The van der Waals surface area contributed by atoms with Crippen LogP contribution in [0.25, 0.3) is 0 Å². The van der Waals surface area contributed by atoms with Crippen molar-refractivity contribution < 1.29 is 28.6 Å². The molecule has 5 saturated carbocycles. The number of fused-ring (bicyclic) bond motifs is 7. The molecule has 0 radical (unpaired) electrons. The minimum atomic E-state index is -0.466. The van der Waals surface area contributed by atoms with Crippen molar-refractivity contribution in [3.63, 3.8) is 0 Å². The Hall–Kier alpha value is -1.59. The lowest BCUT2D eigenvalue weighted by molar-refractivity contribution is -0.253. The van der Waals surface area contributed by atoms with E-state index >= 15 is 0 Å². The molecule has 6 heteroatoms. The van der Waals surface area contributed by atoms with Crippen molar-refractivity contribution >= 4 is 17.9 Å². The Morgan fingerprint density at radius 3 is 2.14 bits per heavy atom. The maximum absolute atomic E-state index is 13.9. The third-order valence-corrected chi connectivity index (χ3v) is 14.7. The zero-order valence-electron chi connectivity index (χ0n) is 28.0. The van der Waals surface area contributed by atoms with Crippen LogP contribution in [0.1, 0.15) is 133 Å². The monoisotopic (exact) mass is 586 g/mol. The lowest BCUT2D eigenvalue weighted by Gasteiger charge is -2.72. The summed E-state index contributed by atoms with van der Waals surface area (Å²) in [6.45, 7) is 20.2. The lowest BCUT2D eigenvalue weighted by atomic mass is 9.32. The van der Waals surface area contributed by atoms with Crippen molar-refractivity contribution in [3.8, 4) is 0 Å². The van der Waals surface area contributed by atoms with Crippen molar-refractivity contribution in [2.45, 2.75) is 139 Å². The molecule has 0 amide bonds. The van der Waals surface area contributed by atoms with Gasteiger partial charge in [0, 0.05) is 18.8 Å². The van der Waals surface area contributed by atoms with Gasteiger partial charge in [0.2, 0.25) is 6.79 Å². The molecular weight excluding hydrogens is 528 g/mol. The van der Waals surface area contributed by atoms with Crippen molar-refractivity contribution in [2.75, 3.05) is 6.79 Å². The normalized spacial score (nSPS) is 45.6. The van der Waals surface area contributed by atoms with Crippen LogP contribution in [0.3, 0.4) is 0 Å². The molecule has 5 fully saturated rings. The summed E-state index contributed by atoms with van der Waals surface area (Å²) < 4.78 is 16.8. The van der Waals surface area contributed by atoms with Gasteiger partial charge in [0.15, 0.2) is 0 Å². The molecule has 0 aromatic carbocycles. The number of esters is 3. The van der Waals surface area contributed by atoms with Crippen LogP contribution >= 0.6 is 0 Å². The number of ether oxygens (including phenoxy) is 3. The Morgan fingerprint density at radius 1 is 0.786 bits per heavy atom. The number of hydrogen-bond donors (Lipinski definition) is 0. The topological polar surface area (TPSA) is 78.9 Å². The zero-order valence-corrected chi connectivity index (χ0v) is 28.0. The molecule has 0 heterocycles. The molecule has 5 rings (SSSR count). The molecule has 0 N–H and O–H groups in total. The summed E-state index contributed by atoms with van der Waals surface area (Å²) >= 11 is 0. The third kappa shape index (κ3) is 4.49. The van der Waals surface area contributed by atoms with Crippen molar-refractivity contribution in [1.82, 2.24) is 0 Å². The van der Waals surface area contributed by atoms with E-state index in [2.05, 4.69) is 48.5 Å². The minimum absolute atomic E-state index is 0.00196. The number of carbonyl (C=O) groups is 3. The van der Waals surface area contributed by atoms with Crippen LogP contribution in [0.2, 0.25) is 0 Å². The second-order valence-corrected chi connectivity index (χ2v) is 16.7. The summed E-state index contributed by atoms with van der Waals surface area (Å²) in [7, 11) is 0. The van der Waals surface area contributed by atoms with E-state index in [0.717, 1.165) is 38.5 Å². The molecule has 10 atom stereocenters. The maximum atomic E-state index is 13.9. The summed E-state index contributed by atoms with van der Waals surface area (Å²) in [6.07, 6.45) is 11.1. The first-order chi connectivity index (χ1) is 19.6. The Labute approximate surface area is 254 Å². The molecule has 238 valence electrons. The Bertz CT molecular complexity index is 1080. The van der Waals surface area contributed by atoms with Crippen LogP contribution in [0, 0.1) is 62.6 Å². The predicted octanol–water partition coefficient (Wildman–Crippen LogP) is 8.11. The zero-order chi connectivity index (χ0) is 30.9. The van der Waals surface area contributed by atoms with Crippen LogP contribution in [0.4, 0.5) is 0 Å². The van der Waals surface area contributed by atoms with E-state index in [1.165, 1.54) is 32.6 Å². The predicted molar refractivity (Wildman–Crippen MR) is 162 cm³/mol. The van der Waals surface area contributed by atoms with Gasteiger partial charge in [-0.3, -0.25) is 14.4 Å². The minimum Gasteiger partial charge on any atom is -0.462 e. The highest BCUT2D eigenvalue weighted by molar-refractivity contribution is 5.78. The van der Waals surface area contributed by atoms with Crippen LogP contribution in [-0.2, 0) is 28.6 Å². The fraction of sp³-hybridized carbons (Fsp3) is 0.917. The molecule has 0 saturated heterocycles. The summed E-state index contributed by atoms with van der Waals surface area (Å²) in [5.41, 5.74) is 0.0546. The third-order valence-electron chi connectivity index (χ3n) is 14.7. The highest BCUT2D eigenvalue weighted by atomic mass is 16.7. The number of hydrogen-bond acceptors (Lipinski definition) is 6. The second kappa shape index (κ2) is 10.8. The summed E-state index contributed by atoms with van der Waals surface area (Å²) in [5.74, 6) is 2.34. The summed E-state index contributed by atoms with van der Waals surface area (Å²) in [6, 6.07) is 0. The molecule has 0 aromatic heterocycles.